The minimum absolute atomic E-state index is 0.332. The first-order valence-corrected chi connectivity index (χ1v) is 7.89. The molecular weight excluding hydrogens is 394 g/mol. The number of hydrogen-bond acceptors (Lipinski definition) is 3. The van der Waals surface area contributed by atoms with Gasteiger partial charge in [0.15, 0.2) is 0 Å². The van der Waals surface area contributed by atoms with Gasteiger partial charge in [0, 0.05) is 21.6 Å². The Morgan fingerprint density at radius 2 is 2.16 bits per heavy atom. The number of nitrogens with one attached hydrogen (secondary N) is 1. The first kappa shape index (κ1) is 14.6. The molecule has 0 saturated heterocycles. The second-order valence-electron chi connectivity index (χ2n) is 3.97. The van der Waals surface area contributed by atoms with Crippen molar-refractivity contribution < 1.29 is 9.90 Å². The van der Waals surface area contributed by atoms with Crippen LogP contribution in [-0.2, 0) is 6.54 Å². The smallest absolute Gasteiger partial charge is 0.336 e. The summed E-state index contributed by atoms with van der Waals surface area (Å²) in [5, 5.41) is 12.3. The van der Waals surface area contributed by atoms with E-state index in [-0.39, 0.29) is 0 Å². The summed E-state index contributed by atoms with van der Waals surface area (Å²) in [5.74, 6) is -0.900. The highest BCUT2D eigenvalue weighted by atomic mass is 79.9. The molecule has 1 heterocycles. The third kappa shape index (κ3) is 3.38. The van der Waals surface area contributed by atoms with Crippen molar-refractivity contribution in [3.8, 4) is 0 Å². The fraction of sp³-hybridized carbons (Fsp3) is 0.154. The number of anilines is 1. The van der Waals surface area contributed by atoms with E-state index >= 15 is 0 Å². The maximum absolute atomic E-state index is 11.1. The predicted molar refractivity (Wildman–Crippen MR) is 85.2 cm³/mol. The number of carboxylic acid groups (broad SMARTS) is 1. The van der Waals surface area contributed by atoms with Gasteiger partial charge in [0.25, 0.3) is 0 Å². The molecule has 0 atom stereocenters. The molecule has 0 aliphatic carbocycles. The van der Waals surface area contributed by atoms with E-state index in [1.54, 1.807) is 23.5 Å². The van der Waals surface area contributed by atoms with Crippen molar-refractivity contribution in [1.29, 1.82) is 0 Å². The zero-order valence-corrected chi connectivity index (χ0v) is 14.0. The summed E-state index contributed by atoms with van der Waals surface area (Å²) >= 11 is 8.54. The van der Waals surface area contributed by atoms with Crippen LogP contribution < -0.4 is 5.32 Å². The van der Waals surface area contributed by atoms with Crippen molar-refractivity contribution in [2.45, 2.75) is 13.5 Å². The van der Waals surface area contributed by atoms with Gasteiger partial charge in [-0.2, -0.15) is 0 Å². The molecule has 0 fully saturated rings. The van der Waals surface area contributed by atoms with Crippen LogP contribution in [0.3, 0.4) is 0 Å². The van der Waals surface area contributed by atoms with Crippen molar-refractivity contribution in [2.75, 3.05) is 5.32 Å². The molecule has 2 N–H and O–H groups in total. The average Bonchev–Trinajstić information content (AvgIpc) is 2.67. The van der Waals surface area contributed by atoms with Crippen LogP contribution in [0, 0.1) is 6.92 Å². The minimum atomic E-state index is -0.900. The third-order valence-electron chi connectivity index (χ3n) is 2.71. The van der Waals surface area contributed by atoms with Gasteiger partial charge in [0.2, 0.25) is 0 Å². The van der Waals surface area contributed by atoms with Crippen LogP contribution in [0.5, 0.6) is 0 Å². The van der Waals surface area contributed by atoms with Crippen molar-refractivity contribution in [3.63, 3.8) is 0 Å². The van der Waals surface area contributed by atoms with E-state index in [4.69, 9.17) is 5.11 Å². The quantitative estimate of drug-likeness (QED) is 0.762. The summed E-state index contributed by atoms with van der Waals surface area (Å²) in [6, 6.07) is 7.29. The van der Waals surface area contributed by atoms with Gasteiger partial charge in [-0.25, -0.2) is 4.79 Å². The summed E-state index contributed by atoms with van der Waals surface area (Å²) in [5.41, 5.74) is 1.93. The van der Waals surface area contributed by atoms with Gasteiger partial charge in [0.05, 0.1) is 9.35 Å². The van der Waals surface area contributed by atoms with Crippen molar-refractivity contribution >= 4 is 54.9 Å². The largest absolute Gasteiger partial charge is 0.478 e. The molecule has 1 aromatic carbocycles. The normalized spacial score (nSPS) is 10.5. The highest BCUT2D eigenvalue weighted by molar-refractivity contribution is 9.13. The number of benzene rings is 1. The standard InChI is InChI=1S/C13H11Br2NO2S/c1-7-9(13(17)18)3-2-4-11(7)16-6-8-5-10(14)12(15)19-8/h2-5,16H,6H2,1H3,(H,17,18). The Morgan fingerprint density at radius 3 is 2.74 bits per heavy atom. The Balaban J connectivity index is 2.16. The average molecular weight is 405 g/mol. The second-order valence-corrected chi connectivity index (χ2v) is 7.28. The van der Waals surface area contributed by atoms with Crippen molar-refractivity contribution in [2.24, 2.45) is 0 Å². The number of carbonyl (C=O) groups is 1. The predicted octanol–water partition coefficient (Wildman–Crippen LogP) is 4.89. The zero-order chi connectivity index (χ0) is 14.0. The molecule has 0 saturated carbocycles. The Bertz CT molecular complexity index is 606. The molecule has 0 amide bonds. The molecule has 0 aliphatic rings. The van der Waals surface area contributed by atoms with E-state index in [1.165, 1.54) is 4.88 Å². The van der Waals surface area contributed by atoms with Gasteiger partial charge in [-0.05, 0) is 62.5 Å². The number of rotatable bonds is 4. The lowest BCUT2D eigenvalue weighted by Crippen LogP contribution is -2.05. The van der Waals surface area contributed by atoms with E-state index in [2.05, 4.69) is 37.2 Å². The van der Waals surface area contributed by atoms with Crippen molar-refractivity contribution in [3.05, 3.63) is 48.5 Å². The molecule has 0 spiro atoms. The Kier molecular flexibility index (Phi) is 4.65. The molecule has 2 rings (SSSR count). The topological polar surface area (TPSA) is 49.3 Å². The van der Waals surface area contributed by atoms with E-state index in [0.29, 0.717) is 12.1 Å². The highest BCUT2D eigenvalue weighted by Crippen LogP contribution is 2.33. The van der Waals surface area contributed by atoms with Gasteiger partial charge in [-0.1, -0.05) is 6.07 Å². The summed E-state index contributed by atoms with van der Waals surface area (Å²) in [7, 11) is 0. The third-order valence-corrected chi connectivity index (χ3v) is 5.97. The van der Waals surface area contributed by atoms with Crippen LogP contribution >= 0.6 is 43.2 Å². The van der Waals surface area contributed by atoms with Gasteiger partial charge in [-0.15, -0.1) is 11.3 Å². The summed E-state index contributed by atoms with van der Waals surface area (Å²) in [4.78, 5) is 12.2. The fourth-order valence-electron chi connectivity index (χ4n) is 1.72. The number of carboxylic acids is 1. The minimum Gasteiger partial charge on any atom is -0.478 e. The van der Waals surface area contributed by atoms with Crippen LogP contribution in [-0.4, -0.2) is 11.1 Å². The number of aromatic carboxylic acids is 1. The molecule has 0 bridgehead atoms. The summed E-state index contributed by atoms with van der Waals surface area (Å²) in [6.45, 7) is 2.48. The lowest BCUT2D eigenvalue weighted by atomic mass is 10.1. The first-order chi connectivity index (χ1) is 8.99. The van der Waals surface area contributed by atoms with E-state index in [1.807, 2.05) is 19.1 Å². The van der Waals surface area contributed by atoms with Gasteiger partial charge < -0.3 is 10.4 Å². The monoisotopic (exact) mass is 403 g/mol. The SMILES string of the molecule is Cc1c(NCc2cc(Br)c(Br)s2)cccc1C(=O)O. The lowest BCUT2D eigenvalue weighted by Gasteiger charge is -2.10. The van der Waals surface area contributed by atoms with Gasteiger partial charge in [-0.3, -0.25) is 0 Å². The van der Waals surface area contributed by atoms with E-state index < -0.39 is 5.97 Å². The van der Waals surface area contributed by atoms with Crippen molar-refractivity contribution in [1.82, 2.24) is 0 Å². The first-order valence-electron chi connectivity index (χ1n) is 5.49. The number of thiophene rings is 1. The zero-order valence-electron chi connectivity index (χ0n) is 10.0. The van der Waals surface area contributed by atoms with Gasteiger partial charge >= 0.3 is 5.97 Å². The summed E-state index contributed by atoms with van der Waals surface area (Å²) < 4.78 is 2.09. The molecule has 3 nitrogen and oxygen atoms in total. The lowest BCUT2D eigenvalue weighted by molar-refractivity contribution is 0.0696. The highest BCUT2D eigenvalue weighted by Gasteiger charge is 2.10. The molecule has 2 aromatic rings. The Labute approximate surface area is 131 Å². The number of hydrogen-bond donors (Lipinski definition) is 2. The molecule has 19 heavy (non-hydrogen) atoms. The molecule has 0 radical (unpaired) electrons. The van der Waals surface area contributed by atoms with Crippen LogP contribution in [0.2, 0.25) is 0 Å². The Morgan fingerprint density at radius 1 is 1.42 bits per heavy atom. The molecular formula is C13H11Br2NO2S. The molecule has 100 valence electrons. The summed E-state index contributed by atoms with van der Waals surface area (Å²) in [6.07, 6.45) is 0. The second kappa shape index (κ2) is 6.07. The van der Waals surface area contributed by atoms with Crippen LogP contribution in [0.25, 0.3) is 0 Å². The molecule has 1 aromatic heterocycles. The van der Waals surface area contributed by atoms with E-state index in [9.17, 15) is 4.79 Å². The van der Waals surface area contributed by atoms with Crippen LogP contribution in [0.15, 0.2) is 32.5 Å². The molecule has 0 unspecified atom stereocenters. The molecule has 0 aliphatic heterocycles. The molecule has 6 heteroatoms. The maximum atomic E-state index is 11.1. The van der Waals surface area contributed by atoms with E-state index in [0.717, 1.165) is 19.5 Å². The van der Waals surface area contributed by atoms with Crippen LogP contribution in [0.4, 0.5) is 5.69 Å². The van der Waals surface area contributed by atoms with Gasteiger partial charge in [0.1, 0.15) is 0 Å². The maximum Gasteiger partial charge on any atom is 0.336 e. The van der Waals surface area contributed by atoms with Crippen LogP contribution in [0.1, 0.15) is 20.8 Å². The fourth-order valence-corrected chi connectivity index (χ4v) is 3.84. The number of halogens is 2. The Hall–Kier alpha value is -0.850.